The van der Waals surface area contributed by atoms with Crippen LogP contribution in [0.15, 0.2) is 72.8 Å². The average Bonchev–Trinajstić information content (AvgIpc) is 2.79. The molecule has 0 spiro atoms. The van der Waals surface area contributed by atoms with Crippen LogP contribution in [0.1, 0.15) is 15.9 Å². The van der Waals surface area contributed by atoms with Gasteiger partial charge in [0.15, 0.2) is 11.5 Å². The maximum atomic E-state index is 13.0. The van der Waals surface area contributed by atoms with E-state index in [2.05, 4.69) is 5.32 Å². The first-order chi connectivity index (χ1) is 15.0. The second-order valence-electron chi connectivity index (χ2n) is 6.33. The summed E-state index contributed by atoms with van der Waals surface area (Å²) in [6, 6.07) is 17.0. The van der Waals surface area contributed by atoms with Crippen molar-refractivity contribution in [1.29, 1.82) is 0 Å². The highest BCUT2D eigenvalue weighted by molar-refractivity contribution is 6.02. The predicted octanol–water partition coefficient (Wildman–Crippen LogP) is 4.71. The van der Waals surface area contributed by atoms with Crippen molar-refractivity contribution in [3.63, 3.8) is 0 Å². The van der Waals surface area contributed by atoms with Crippen molar-refractivity contribution in [1.82, 2.24) is 0 Å². The Balaban J connectivity index is 1.69. The number of esters is 1. The van der Waals surface area contributed by atoms with Gasteiger partial charge in [-0.2, -0.15) is 0 Å². The fraction of sp³-hybridized carbons (Fsp3) is 0.0833. The largest absolute Gasteiger partial charge is 0.495 e. The van der Waals surface area contributed by atoms with Gasteiger partial charge in [-0.1, -0.05) is 18.2 Å². The molecule has 1 N–H and O–H groups in total. The molecule has 0 fully saturated rings. The van der Waals surface area contributed by atoms with E-state index in [1.165, 1.54) is 44.6 Å². The summed E-state index contributed by atoms with van der Waals surface area (Å²) in [5, 5.41) is 2.74. The van der Waals surface area contributed by atoms with E-state index in [-0.39, 0.29) is 17.2 Å². The first-order valence-electron chi connectivity index (χ1n) is 9.28. The Labute approximate surface area is 178 Å². The molecule has 3 rings (SSSR count). The number of anilines is 1. The van der Waals surface area contributed by atoms with Crippen molar-refractivity contribution in [2.24, 2.45) is 0 Å². The van der Waals surface area contributed by atoms with E-state index >= 15 is 0 Å². The summed E-state index contributed by atoms with van der Waals surface area (Å²) in [6.45, 7) is 0. The normalized spacial score (nSPS) is 10.5. The Morgan fingerprint density at radius 3 is 2.29 bits per heavy atom. The van der Waals surface area contributed by atoms with Crippen LogP contribution in [0.5, 0.6) is 17.2 Å². The molecule has 0 atom stereocenters. The number of hydrogen-bond donors (Lipinski definition) is 1. The van der Waals surface area contributed by atoms with Gasteiger partial charge in [0, 0.05) is 6.08 Å². The van der Waals surface area contributed by atoms with Crippen LogP contribution >= 0.6 is 0 Å². The van der Waals surface area contributed by atoms with E-state index in [0.717, 1.165) is 0 Å². The molecule has 0 saturated heterocycles. The van der Waals surface area contributed by atoms with E-state index in [4.69, 9.17) is 14.2 Å². The smallest absolute Gasteiger partial charge is 0.343 e. The van der Waals surface area contributed by atoms with Gasteiger partial charge in [0.25, 0.3) is 0 Å². The van der Waals surface area contributed by atoms with Gasteiger partial charge < -0.3 is 19.5 Å². The summed E-state index contributed by atoms with van der Waals surface area (Å²) in [6.07, 6.45) is 2.96. The number of halogens is 1. The molecule has 0 unspecified atom stereocenters. The minimum Gasteiger partial charge on any atom is -0.495 e. The molecular weight excluding hydrogens is 401 g/mol. The zero-order chi connectivity index (χ0) is 22.2. The molecule has 0 aliphatic heterocycles. The predicted molar refractivity (Wildman–Crippen MR) is 115 cm³/mol. The number of amides is 1. The summed E-state index contributed by atoms with van der Waals surface area (Å²) < 4.78 is 28.9. The van der Waals surface area contributed by atoms with E-state index in [9.17, 15) is 14.0 Å². The highest BCUT2D eigenvalue weighted by Crippen LogP contribution is 2.29. The van der Waals surface area contributed by atoms with E-state index in [0.29, 0.717) is 22.7 Å². The third-order valence-electron chi connectivity index (χ3n) is 4.26. The van der Waals surface area contributed by atoms with Crippen LogP contribution < -0.4 is 19.5 Å². The van der Waals surface area contributed by atoms with Crippen LogP contribution in [-0.2, 0) is 4.79 Å². The standard InChI is InChI=1S/C24H20FNO5/c1-29-20-6-4-3-5-19(20)26-23(27)14-8-16-7-13-21(22(15-16)30-2)31-24(28)17-9-11-18(25)12-10-17/h3-15H,1-2H3,(H,26,27). The Morgan fingerprint density at radius 1 is 0.871 bits per heavy atom. The summed E-state index contributed by atoms with van der Waals surface area (Å²) in [5.41, 5.74) is 1.43. The number of methoxy groups -OCH3 is 2. The molecule has 0 radical (unpaired) electrons. The Hall–Kier alpha value is -4.13. The van der Waals surface area contributed by atoms with Crippen molar-refractivity contribution in [2.45, 2.75) is 0 Å². The first kappa shape index (κ1) is 21.6. The number of nitrogens with one attached hydrogen (secondary N) is 1. The molecule has 0 heterocycles. The van der Waals surface area contributed by atoms with Gasteiger partial charge >= 0.3 is 5.97 Å². The second kappa shape index (κ2) is 10.1. The fourth-order valence-electron chi connectivity index (χ4n) is 2.71. The van der Waals surface area contributed by atoms with Crippen LogP contribution in [0.25, 0.3) is 6.08 Å². The van der Waals surface area contributed by atoms with Gasteiger partial charge in [-0.15, -0.1) is 0 Å². The minimum absolute atomic E-state index is 0.201. The van der Waals surface area contributed by atoms with Crippen LogP contribution in [0.2, 0.25) is 0 Å². The summed E-state index contributed by atoms with van der Waals surface area (Å²) in [7, 11) is 2.96. The molecule has 3 aromatic carbocycles. The zero-order valence-electron chi connectivity index (χ0n) is 16.9. The summed E-state index contributed by atoms with van der Waals surface area (Å²) in [5.74, 6) is -0.360. The molecule has 31 heavy (non-hydrogen) atoms. The van der Waals surface area contributed by atoms with Crippen LogP contribution in [0.4, 0.5) is 10.1 Å². The molecule has 0 aliphatic rings. The van der Waals surface area contributed by atoms with Crippen molar-refractivity contribution < 1.29 is 28.2 Å². The molecule has 0 aromatic heterocycles. The van der Waals surface area contributed by atoms with Gasteiger partial charge in [-0.25, -0.2) is 9.18 Å². The molecule has 0 aliphatic carbocycles. The van der Waals surface area contributed by atoms with Gasteiger partial charge in [0.2, 0.25) is 5.91 Å². The SMILES string of the molecule is COc1ccccc1NC(=O)C=Cc1ccc(OC(=O)c2ccc(F)cc2)c(OC)c1. The van der Waals surface area contributed by atoms with Crippen LogP contribution in [-0.4, -0.2) is 26.1 Å². The number of rotatable bonds is 7. The van der Waals surface area contributed by atoms with E-state index in [1.54, 1.807) is 48.5 Å². The minimum atomic E-state index is -0.641. The second-order valence-corrected chi connectivity index (χ2v) is 6.33. The zero-order valence-corrected chi connectivity index (χ0v) is 16.9. The molecule has 0 saturated carbocycles. The first-order valence-corrected chi connectivity index (χ1v) is 9.28. The van der Waals surface area contributed by atoms with E-state index in [1.807, 2.05) is 0 Å². The van der Waals surface area contributed by atoms with Gasteiger partial charge in [-0.05, 0) is 60.2 Å². The Kier molecular flexibility index (Phi) is 7.01. The fourth-order valence-corrected chi connectivity index (χ4v) is 2.71. The quantitative estimate of drug-likeness (QED) is 0.340. The molecule has 0 bridgehead atoms. The highest BCUT2D eigenvalue weighted by atomic mass is 19.1. The maximum Gasteiger partial charge on any atom is 0.343 e. The van der Waals surface area contributed by atoms with Crippen LogP contribution in [0, 0.1) is 5.82 Å². The third-order valence-corrected chi connectivity index (χ3v) is 4.26. The number of carbonyl (C=O) groups is 2. The molecule has 1 amide bonds. The lowest BCUT2D eigenvalue weighted by molar-refractivity contribution is -0.111. The number of para-hydroxylation sites is 2. The summed E-state index contributed by atoms with van der Waals surface area (Å²) in [4.78, 5) is 24.5. The van der Waals surface area contributed by atoms with Crippen LogP contribution in [0.3, 0.4) is 0 Å². The number of carbonyl (C=O) groups excluding carboxylic acids is 2. The lowest BCUT2D eigenvalue weighted by atomic mass is 10.1. The molecule has 6 nitrogen and oxygen atoms in total. The highest BCUT2D eigenvalue weighted by Gasteiger charge is 2.13. The van der Waals surface area contributed by atoms with Crippen molar-refractivity contribution >= 4 is 23.6 Å². The van der Waals surface area contributed by atoms with Crippen molar-refractivity contribution in [2.75, 3.05) is 19.5 Å². The maximum absolute atomic E-state index is 13.0. The topological polar surface area (TPSA) is 73.9 Å². The van der Waals surface area contributed by atoms with E-state index < -0.39 is 11.8 Å². The van der Waals surface area contributed by atoms with Gasteiger partial charge in [0.05, 0.1) is 25.5 Å². The number of ether oxygens (including phenoxy) is 3. The van der Waals surface area contributed by atoms with Gasteiger partial charge in [0.1, 0.15) is 11.6 Å². The molecule has 3 aromatic rings. The average molecular weight is 421 g/mol. The van der Waals surface area contributed by atoms with Crippen molar-refractivity contribution in [3.8, 4) is 17.2 Å². The Bertz CT molecular complexity index is 1110. The van der Waals surface area contributed by atoms with Crippen molar-refractivity contribution in [3.05, 3.63) is 89.8 Å². The number of hydrogen-bond acceptors (Lipinski definition) is 5. The lowest BCUT2D eigenvalue weighted by Gasteiger charge is -2.10. The monoisotopic (exact) mass is 421 g/mol. The molecule has 158 valence electrons. The number of benzene rings is 3. The molecule has 7 heteroatoms. The Morgan fingerprint density at radius 2 is 1.58 bits per heavy atom. The third kappa shape index (κ3) is 5.70. The summed E-state index contributed by atoms with van der Waals surface area (Å²) >= 11 is 0. The lowest BCUT2D eigenvalue weighted by Crippen LogP contribution is -2.09. The molecular formula is C24H20FNO5. The van der Waals surface area contributed by atoms with Gasteiger partial charge in [-0.3, -0.25) is 4.79 Å².